The second-order valence-electron chi connectivity index (χ2n) is 6.47. The number of hydrogen-bond donors (Lipinski definition) is 2. The molecule has 0 saturated heterocycles. The third-order valence-corrected chi connectivity index (χ3v) is 4.56. The summed E-state index contributed by atoms with van der Waals surface area (Å²) in [6, 6.07) is 10.6. The molecule has 1 aliphatic heterocycles. The van der Waals surface area contributed by atoms with Crippen molar-refractivity contribution in [3.05, 3.63) is 47.5 Å². The van der Waals surface area contributed by atoms with Crippen LogP contribution in [0.15, 0.2) is 35.3 Å². The molecule has 1 atom stereocenters. The second kappa shape index (κ2) is 10.5. The first-order valence-corrected chi connectivity index (χ1v) is 9.28. The highest BCUT2D eigenvalue weighted by Gasteiger charge is 2.14. The Balaban J connectivity index is 0.00000243. The number of nitrogens with zero attached hydrogens (tertiary/aromatic N) is 4. The van der Waals surface area contributed by atoms with Crippen molar-refractivity contribution < 1.29 is 0 Å². The molecule has 7 heteroatoms. The summed E-state index contributed by atoms with van der Waals surface area (Å²) in [5.41, 5.74) is 1.24. The summed E-state index contributed by atoms with van der Waals surface area (Å²) in [4.78, 5) is 4.73. The van der Waals surface area contributed by atoms with Gasteiger partial charge in [0.15, 0.2) is 11.8 Å². The number of nitrogens with one attached hydrogen (secondary N) is 2. The molecule has 26 heavy (non-hydrogen) atoms. The van der Waals surface area contributed by atoms with Crippen LogP contribution >= 0.6 is 24.0 Å². The predicted molar refractivity (Wildman–Crippen MR) is 116 cm³/mol. The molecule has 0 radical (unpaired) electrons. The predicted octanol–water partition coefficient (Wildman–Crippen LogP) is 3.44. The van der Waals surface area contributed by atoms with Gasteiger partial charge in [-0.2, -0.15) is 0 Å². The molecule has 2 heterocycles. The lowest BCUT2D eigenvalue weighted by Gasteiger charge is -2.18. The molecule has 142 valence electrons. The highest BCUT2D eigenvalue weighted by Crippen LogP contribution is 2.15. The van der Waals surface area contributed by atoms with Crippen LogP contribution in [0.2, 0.25) is 0 Å². The first-order valence-electron chi connectivity index (χ1n) is 9.28. The van der Waals surface area contributed by atoms with Crippen molar-refractivity contribution >= 4 is 29.9 Å². The molecule has 2 aromatic rings. The van der Waals surface area contributed by atoms with Gasteiger partial charge in [-0.05, 0) is 32.3 Å². The van der Waals surface area contributed by atoms with Gasteiger partial charge in [0.05, 0.1) is 6.04 Å². The monoisotopic (exact) mass is 468 g/mol. The van der Waals surface area contributed by atoms with Gasteiger partial charge >= 0.3 is 0 Å². The number of aliphatic imine (C=N–C) groups is 1. The van der Waals surface area contributed by atoms with Crippen molar-refractivity contribution in [2.75, 3.05) is 6.54 Å². The van der Waals surface area contributed by atoms with Crippen LogP contribution in [0.1, 0.15) is 56.4 Å². The van der Waals surface area contributed by atoms with Gasteiger partial charge in [0, 0.05) is 19.5 Å². The summed E-state index contributed by atoms with van der Waals surface area (Å²) >= 11 is 0. The smallest absolute Gasteiger partial charge is 0.192 e. The standard InChI is InChI=1S/C19H28N6.HI/c1-3-20-19(22-15(2)16-10-6-4-7-11-16)21-14-18-24-23-17-12-8-5-9-13-25(17)18;/h4,6-7,10-11,15H,3,5,8-9,12-14H2,1-2H3,(H2,20,21,22);1H. The van der Waals surface area contributed by atoms with E-state index in [1.807, 2.05) is 6.07 Å². The third-order valence-electron chi connectivity index (χ3n) is 4.56. The zero-order valence-corrected chi connectivity index (χ0v) is 17.9. The Morgan fingerprint density at radius 2 is 2.00 bits per heavy atom. The van der Waals surface area contributed by atoms with Gasteiger partial charge in [-0.3, -0.25) is 0 Å². The van der Waals surface area contributed by atoms with Gasteiger partial charge < -0.3 is 15.2 Å². The van der Waals surface area contributed by atoms with Crippen molar-refractivity contribution in [1.82, 2.24) is 25.4 Å². The fraction of sp³-hybridized carbons (Fsp3) is 0.526. The number of hydrogen-bond acceptors (Lipinski definition) is 3. The molecule has 1 aliphatic rings. The quantitative estimate of drug-likeness (QED) is 0.401. The highest BCUT2D eigenvalue weighted by molar-refractivity contribution is 14.0. The summed E-state index contributed by atoms with van der Waals surface area (Å²) < 4.78 is 2.25. The molecule has 2 N–H and O–H groups in total. The number of halogens is 1. The Bertz CT molecular complexity index is 697. The number of benzene rings is 1. The van der Waals surface area contributed by atoms with Gasteiger partial charge in [-0.1, -0.05) is 36.8 Å². The summed E-state index contributed by atoms with van der Waals surface area (Å²) in [5.74, 6) is 2.88. The molecular weight excluding hydrogens is 439 g/mol. The molecule has 0 aliphatic carbocycles. The van der Waals surface area contributed by atoms with E-state index in [0.29, 0.717) is 6.54 Å². The van der Waals surface area contributed by atoms with Gasteiger partial charge in [-0.25, -0.2) is 4.99 Å². The second-order valence-corrected chi connectivity index (χ2v) is 6.47. The van der Waals surface area contributed by atoms with Crippen molar-refractivity contribution in [2.24, 2.45) is 4.99 Å². The summed E-state index contributed by atoms with van der Waals surface area (Å²) in [6.07, 6.45) is 4.70. The van der Waals surface area contributed by atoms with Crippen LogP contribution in [0.4, 0.5) is 0 Å². The van der Waals surface area contributed by atoms with Gasteiger partial charge in [0.2, 0.25) is 0 Å². The largest absolute Gasteiger partial charge is 0.357 e. The minimum absolute atomic E-state index is 0. The number of guanidine groups is 1. The van der Waals surface area contributed by atoms with Gasteiger partial charge in [0.1, 0.15) is 12.4 Å². The van der Waals surface area contributed by atoms with Crippen molar-refractivity contribution in [1.29, 1.82) is 0 Å². The number of aryl methyl sites for hydroxylation is 1. The van der Waals surface area contributed by atoms with Crippen LogP contribution in [-0.4, -0.2) is 27.3 Å². The topological polar surface area (TPSA) is 67.1 Å². The molecule has 0 fully saturated rings. The van der Waals surface area contributed by atoms with Crippen LogP contribution in [0.3, 0.4) is 0 Å². The third kappa shape index (κ3) is 5.43. The average molecular weight is 468 g/mol. The van der Waals surface area contributed by atoms with Gasteiger partial charge in [-0.15, -0.1) is 34.2 Å². The lowest BCUT2D eigenvalue weighted by atomic mass is 10.1. The van der Waals surface area contributed by atoms with E-state index < -0.39 is 0 Å². The van der Waals surface area contributed by atoms with E-state index in [0.717, 1.165) is 37.1 Å². The maximum atomic E-state index is 4.73. The molecule has 3 rings (SSSR count). The van der Waals surface area contributed by atoms with Crippen LogP contribution in [0.25, 0.3) is 0 Å². The molecule has 1 aromatic heterocycles. The minimum atomic E-state index is 0. The fourth-order valence-corrected chi connectivity index (χ4v) is 3.16. The highest BCUT2D eigenvalue weighted by atomic mass is 127. The van der Waals surface area contributed by atoms with Crippen LogP contribution in [0, 0.1) is 0 Å². The zero-order chi connectivity index (χ0) is 17.5. The average Bonchev–Trinajstić information content (AvgIpc) is 2.87. The molecule has 1 unspecified atom stereocenters. The number of fused-ring (bicyclic) bond motifs is 1. The lowest BCUT2D eigenvalue weighted by Crippen LogP contribution is -2.38. The van der Waals surface area contributed by atoms with E-state index in [4.69, 9.17) is 4.99 Å². The summed E-state index contributed by atoms with van der Waals surface area (Å²) in [7, 11) is 0. The Kier molecular flexibility index (Phi) is 8.34. The lowest BCUT2D eigenvalue weighted by molar-refractivity contribution is 0.604. The van der Waals surface area contributed by atoms with Crippen LogP contribution < -0.4 is 10.6 Å². The summed E-state index contributed by atoms with van der Waals surface area (Å²) in [6.45, 7) is 6.60. The van der Waals surface area contributed by atoms with E-state index in [1.54, 1.807) is 0 Å². The van der Waals surface area contributed by atoms with E-state index in [-0.39, 0.29) is 30.0 Å². The molecule has 0 amide bonds. The Morgan fingerprint density at radius 1 is 1.19 bits per heavy atom. The molecule has 0 bridgehead atoms. The SMILES string of the molecule is CCNC(=NCc1nnc2n1CCCCC2)NC(C)c1ccccc1.I. The number of rotatable bonds is 5. The van der Waals surface area contributed by atoms with E-state index >= 15 is 0 Å². The fourth-order valence-electron chi connectivity index (χ4n) is 3.16. The normalized spacial score (nSPS) is 15.4. The van der Waals surface area contributed by atoms with E-state index in [2.05, 4.69) is 63.5 Å². The maximum absolute atomic E-state index is 4.73. The molecule has 0 saturated carbocycles. The molecule has 0 spiro atoms. The first-order chi connectivity index (χ1) is 12.3. The Hall–Kier alpha value is -1.64. The van der Waals surface area contributed by atoms with Crippen LogP contribution in [0.5, 0.6) is 0 Å². The maximum Gasteiger partial charge on any atom is 0.192 e. The first kappa shape index (κ1) is 20.7. The van der Waals surface area contributed by atoms with E-state index in [9.17, 15) is 0 Å². The Labute approximate surface area is 172 Å². The Morgan fingerprint density at radius 3 is 2.77 bits per heavy atom. The van der Waals surface area contributed by atoms with Crippen LogP contribution in [-0.2, 0) is 19.5 Å². The van der Waals surface area contributed by atoms with Crippen molar-refractivity contribution in [3.63, 3.8) is 0 Å². The zero-order valence-electron chi connectivity index (χ0n) is 15.6. The minimum Gasteiger partial charge on any atom is -0.357 e. The van der Waals surface area contributed by atoms with E-state index in [1.165, 1.54) is 24.8 Å². The molecule has 6 nitrogen and oxygen atoms in total. The molecule has 1 aromatic carbocycles. The van der Waals surface area contributed by atoms with Crippen molar-refractivity contribution in [2.45, 2.75) is 58.7 Å². The van der Waals surface area contributed by atoms with Crippen molar-refractivity contribution in [3.8, 4) is 0 Å². The summed E-state index contributed by atoms with van der Waals surface area (Å²) in [5, 5.41) is 15.5. The number of aromatic nitrogens is 3. The molecular formula is C19H29IN6. The van der Waals surface area contributed by atoms with Gasteiger partial charge in [0.25, 0.3) is 0 Å².